The number of nitrogens with one attached hydrogen (secondary N) is 1. The number of carbonyl (C=O) groups is 1. The van der Waals surface area contributed by atoms with E-state index in [4.69, 9.17) is 0 Å². The van der Waals surface area contributed by atoms with Gasteiger partial charge in [-0.25, -0.2) is 0 Å². The Morgan fingerprint density at radius 2 is 1.19 bits per heavy atom. The summed E-state index contributed by atoms with van der Waals surface area (Å²) in [5.41, 5.74) is 2.11. The van der Waals surface area contributed by atoms with Gasteiger partial charge in [-0.3, -0.25) is 28.4 Å². The smallest absolute Gasteiger partial charge is 0.317 e. The van der Waals surface area contributed by atoms with Crippen molar-refractivity contribution < 1.29 is 4.79 Å². The molecule has 1 fully saturated rings. The molecule has 1 amide bonds. The fourth-order valence-electron chi connectivity index (χ4n) is 4.94. The van der Waals surface area contributed by atoms with Crippen LogP contribution in [-0.4, -0.2) is 39.1 Å². The number of fused-ring (bicyclic) bond motifs is 1. The lowest BCUT2D eigenvalue weighted by Gasteiger charge is -2.32. The molecule has 7 heteroatoms. The second kappa shape index (κ2) is 10.7. The van der Waals surface area contributed by atoms with Gasteiger partial charge in [0.15, 0.2) is 0 Å². The van der Waals surface area contributed by atoms with Gasteiger partial charge in [-0.1, -0.05) is 72.8 Å². The number of para-hydroxylation sites is 2. The van der Waals surface area contributed by atoms with Crippen molar-refractivity contribution >= 4 is 16.9 Å². The molecule has 1 aliphatic heterocycles. The Morgan fingerprint density at radius 1 is 0.694 bits per heavy atom. The molecule has 0 radical (unpaired) electrons. The highest BCUT2D eigenvalue weighted by molar-refractivity contribution is 5.80. The molecule has 1 aliphatic rings. The Hall–Kier alpha value is -3.97. The predicted molar refractivity (Wildman–Crippen MR) is 141 cm³/mol. The van der Waals surface area contributed by atoms with Gasteiger partial charge in [-0.15, -0.1) is 0 Å². The van der Waals surface area contributed by atoms with E-state index in [0.29, 0.717) is 17.6 Å². The van der Waals surface area contributed by atoms with Crippen LogP contribution in [0.25, 0.3) is 11.0 Å². The quantitative estimate of drug-likeness (QED) is 0.411. The molecule has 0 unspecified atom stereocenters. The Balaban J connectivity index is 1.28. The fourth-order valence-corrected chi connectivity index (χ4v) is 4.94. The van der Waals surface area contributed by atoms with E-state index in [1.165, 1.54) is 14.7 Å². The SMILES string of the molecule is O=C(Cn1c(=O)c(=O)n(Cc2ccccc2)c2ccccc21)NC1CCN(Cc2ccccc2)CC1. The lowest BCUT2D eigenvalue weighted by atomic mass is 10.0. The lowest BCUT2D eigenvalue weighted by molar-refractivity contribution is -0.122. The summed E-state index contributed by atoms with van der Waals surface area (Å²) in [7, 11) is 0. The first kappa shape index (κ1) is 23.8. The van der Waals surface area contributed by atoms with Crippen molar-refractivity contribution in [1.29, 1.82) is 0 Å². The second-order valence-corrected chi connectivity index (χ2v) is 9.36. The molecule has 0 aliphatic carbocycles. The van der Waals surface area contributed by atoms with Gasteiger partial charge in [0.2, 0.25) is 5.91 Å². The van der Waals surface area contributed by atoms with Crippen LogP contribution in [0.15, 0.2) is 94.5 Å². The molecule has 4 aromatic rings. The summed E-state index contributed by atoms with van der Waals surface area (Å²) in [6.07, 6.45) is 1.71. The standard InChI is InChI=1S/C29H30N4O3/c34-27(30-24-15-17-31(18-16-24)19-22-9-3-1-4-10-22)21-33-26-14-8-7-13-25(26)32(28(35)29(33)36)20-23-11-5-2-6-12-23/h1-14,24H,15-21H2,(H,30,34). The molecule has 2 heterocycles. The third kappa shape index (κ3) is 5.31. The highest BCUT2D eigenvalue weighted by Crippen LogP contribution is 2.15. The van der Waals surface area contributed by atoms with Gasteiger partial charge in [0.25, 0.3) is 0 Å². The normalized spacial score (nSPS) is 14.7. The maximum absolute atomic E-state index is 13.1. The van der Waals surface area contributed by atoms with E-state index in [1.54, 1.807) is 6.07 Å². The Kier molecular flexibility index (Phi) is 7.09. The minimum absolute atomic E-state index is 0.0601. The Morgan fingerprint density at radius 3 is 1.81 bits per heavy atom. The zero-order valence-corrected chi connectivity index (χ0v) is 20.2. The van der Waals surface area contributed by atoms with Crippen LogP contribution in [0.5, 0.6) is 0 Å². The van der Waals surface area contributed by atoms with Crippen molar-refractivity contribution in [2.75, 3.05) is 13.1 Å². The number of hydrogen-bond donors (Lipinski definition) is 1. The number of amides is 1. The van der Waals surface area contributed by atoms with E-state index < -0.39 is 11.1 Å². The molecular weight excluding hydrogens is 452 g/mol. The molecule has 36 heavy (non-hydrogen) atoms. The molecule has 0 saturated carbocycles. The summed E-state index contributed by atoms with van der Waals surface area (Å²) < 4.78 is 2.79. The first-order chi connectivity index (χ1) is 17.6. The number of piperidine rings is 1. The average Bonchev–Trinajstić information content (AvgIpc) is 2.91. The van der Waals surface area contributed by atoms with E-state index >= 15 is 0 Å². The van der Waals surface area contributed by atoms with Crippen LogP contribution < -0.4 is 16.4 Å². The molecule has 0 spiro atoms. The zero-order chi connectivity index (χ0) is 24.9. The van der Waals surface area contributed by atoms with Gasteiger partial charge in [-0.05, 0) is 36.1 Å². The highest BCUT2D eigenvalue weighted by atomic mass is 16.2. The van der Waals surface area contributed by atoms with Crippen molar-refractivity contribution in [3.05, 3.63) is 117 Å². The zero-order valence-electron chi connectivity index (χ0n) is 20.2. The molecule has 1 aromatic heterocycles. The third-order valence-corrected chi connectivity index (χ3v) is 6.82. The van der Waals surface area contributed by atoms with Gasteiger partial charge in [0.05, 0.1) is 17.6 Å². The molecule has 1 saturated heterocycles. The Labute approximate surface area is 209 Å². The number of hydrogen-bond acceptors (Lipinski definition) is 4. The first-order valence-electron chi connectivity index (χ1n) is 12.4. The van der Waals surface area contributed by atoms with Crippen LogP contribution in [0.3, 0.4) is 0 Å². The van der Waals surface area contributed by atoms with E-state index in [-0.39, 0.29) is 18.5 Å². The fraction of sp³-hybridized carbons (Fsp3) is 0.276. The van der Waals surface area contributed by atoms with Gasteiger partial charge < -0.3 is 5.32 Å². The van der Waals surface area contributed by atoms with Crippen molar-refractivity contribution in [3.63, 3.8) is 0 Å². The summed E-state index contributed by atoms with van der Waals surface area (Å²) in [4.78, 5) is 41.5. The second-order valence-electron chi connectivity index (χ2n) is 9.36. The summed E-state index contributed by atoms with van der Waals surface area (Å²) in [6, 6.07) is 27.2. The summed E-state index contributed by atoms with van der Waals surface area (Å²) in [5, 5.41) is 3.08. The van der Waals surface area contributed by atoms with Crippen LogP contribution in [0.4, 0.5) is 0 Å². The molecule has 1 N–H and O–H groups in total. The Bertz CT molecular complexity index is 1450. The van der Waals surface area contributed by atoms with Crippen molar-refractivity contribution in [3.8, 4) is 0 Å². The predicted octanol–water partition coefficient (Wildman–Crippen LogP) is 2.99. The van der Waals surface area contributed by atoms with Crippen molar-refractivity contribution in [1.82, 2.24) is 19.4 Å². The van der Waals surface area contributed by atoms with Gasteiger partial charge >= 0.3 is 11.1 Å². The topological polar surface area (TPSA) is 76.3 Å². The van der Waals surface area contributed by atoms with Crippen LogP contribution in [-0.2, 0) is 24.4 Å². The molecule has 3 aromatic carbocycles. The summed E-state index contributed by atoms with van der Waals surface area (Å²) >= 11 is 0. The molecule has 7 nitrogen and oxygen atoms in total. The van der Waals surface area contributed by atoms with Crippen molar-refractivity contribution in [2.45, 2.75) is 38.5 Å². The molecule has 0 bridgehead atoms. The maximum Gasteiger partial charge on any atom is 0.317 e. The van der Waals surface area contributed by atoms with Crippen LogP contribution in [0, 0.1) is 0 Å². The highest BCUT2D eigenvalue weighted by Gasteiger charge is 2.22. The van der Waals surface area contributed by atoms with E-state index in [9.17, 15) is 14.4 Å². The minimum Gasteiger partial charge on any atom is -0.352 e. The van der Waals surface area contributed by atoms with E-state index in [1.807, 2.05) is 66.7 Å². The molecule has 184 valence electrons. The summed E-state index contributed by atoms with van der Waals surface area (Å²) in [5.74, 6) is -0.246. The molecular formula is C29H30N4O3. The lowest BCUT2D eigenvalue weighted by Crippen LogP contribution is -2.47. The van der Waals surface area contributed by atoms with Gasteiger partial charge in [0, 0.05) is 25.7 Å². The number of likely N-dealkylation sites (tertiary alicyclic amines) is 1. The number of rotatable bonds is 7. The molecule has 5 rings (SSSR count). The van der Waals surface area contributed by atoms with Crippen LogP contribution >= 0.6 is 0 Å². The largest absolute Gasteiger partial charge is 0.352 e. The number of nitrogens with zero attached hydrogens (tertiary/aromatic N) is 3. The minimum atomic E-state index is -0.683. The molecule has 0 atom stereocenters. The number of carbonyl (C=O) groups excluding carboxylic acids is 1. The third-order valence-electron chi connectivity index (χ3n) is 6.82. The van der Waals surface area contributed by atoms with E-state index in [0.717, 1.165) is 38.0 Å². The van der Waals surface area contributed by atoms with Gasteiger partial charge in [-0.2, -0.15) is 0 Å². The first-order valence-corrected chi connectivity index (χ1v) is 12.4. The van der Waals surface area contributed by atoms with Crippen LogP contribution in [0.2, 0.25) is 0 Å². The maximum atomic E-state index is 13.1. The summed E-state index contributed by atoms with van der Waals surface area (Å²) in [6.45, 7) is 2.83. The van der Waals surface area contributed by atoms with Gasteiger partial charge in [0.1, 0.15) is 6.54 Å². The van der Waals surface area contributed by atoms with E-state index in [2.05, 4.69) is 22.3 Å². The average molecular weight is 483 g/mol. The van der Waals surface area contributed by atoms with Crippen LogP contribution in [0.1, 0.15) is 24.0 Å². The number of aromatic nitrogens is 2. The number of benzene rings is 3. The van der Waals surface area contributed by atoms with Crippen molar-refractivity contribution in [2.24, 2.45) is 0 Å². The monoisotopic (exact) mass is 482 g/mol.